The van der Waals surface area contributed by atoms with Gasteiger partial charge in [0.05, 0.1) is 10.5 Å². The normalized spacial score (nSPS) is 12.1. The highest BCUT2D eigenvalue weighted by Gasteiger charge is 2.27. The second-order valence-corrected chi connectivity index (χ2v) is 8.16. The Morgan fingerprint density at radius 2 is 1.79 bits per heavy atom. The number of esters is 1. The molecular formula is C19H20N2O7S. The third-order valence-corrected chi connectivity index (χ3v) is 5.22. The summed E-state index contributed by atoms with van der Waals surface area (Å²) in [5, 5.41) is 11.2. The van der Waals surface area contributed by atoms with Crippen molar-refractivity contribution in [2.45, 2.75) is 24.8 Å². The highest BCUT2D eigenvalue weighted by molar-refractivity contribution is 7.90. The molecule has 0 aliphatic rings. The maximum Gasteiger partial charge on any atom is 0.339 e. The van der Waals surface area contributed by atoms with Crippen LogP contribution in [-0.4, -0.2) is 44.1 Å². The van der Waals surface area contributed by atoms with Crippen LogP contribution in [0.4, 0.5) is 11.4 Å². The number of carbonyl (C=O) groups is 2. The van der Waals surface area contributed by atoms with E-state index in [4.69, 9.17) is 4.74 Å². The summed E-state index contributed by atoms with van der Waals surface area (Å²) in [4.78, 5) is 36.3. The van der Waals surface area contributed by atoms with Crippen molar-refractivity contribution in [2.75, 3.05) is 17.7 Å². The molecule has 0 N–H and O–H groups in total. The number of nitro benzene ring substituents is 1. The van der Waals surface area contributed by atoms with Crippen LogP contribution in [0.2, 0.25) is 0 Å². The zero-order valence-electron chi connectivity index (χ0n) is 16.1. The molecule has 1 atom stereocenters. The third-order valence-electron chi connectivity index (χ3n) is 4.07. The van der Waals surface area contributed by atoms with Crippen LogP contribution < -0.4 is 4.90 Å². The summed E-state index contributed by atoms with van der Waals surface area (Å²) in [5.41, 5.74) is -0.331. The van der Waals surface area contributed by atoms with Crippen LogP contribution in [-0.2, 0) is 19.4 Å². The van der Waals surface area contributed by atoms with Crippen molar-refractivity contribution >= 4 is 33.1 Å². The van der Waals surface area contributed by atoms with E-state index in [1.165, 1.54) is 11.8 Å². The van der Waals surface area contributed by atoms with Crippen LogP contribution in [0.15, 0.2) is 53.4 Å². The smallest absolute Gasteiger partial charge is 0.339 e. The average molecular weight is 420 g/mol. The van der Waals surface area contributed by atoms with Crippen molar-refractivity contribution in [3.63, 3.8) is 0 Å². The lowest BCUT2D eigenvalue weighted by Crippen LogP contribution is -2.40. The SMILES string of the molecule is CCN(C(=O)[C@@H](C)OC(=O)c1ccc(S(C)(=O)=O)c([N+](=O)[O-])c1)c1ccccc1. The average Bonchev–Trinajstić information content (AvgIpc) is 2.68. The fourth-order valence-electron chi connectivity index (χ4n) is 2.67. The molecular weight excluding hydrogens is 400 g/mol. The fourth-order valence-corrected chi connectivity index (χ4v) is 3.50. The minimum Gasteiger partial charge on any atom is -0.449 e. The number of rotatable bonds is 7. The Morgan fingerprint density at radius 1 is 1.17 bits per heavy atom. The zero-order valence-corrected chi connectivity index (χ0v) is 16.9. The Labute approximate surface area is 168 Å². The van der Waals surface area contributed by atoms with Gasteiger partial charge in [-0.1, -0.05) is 18.2 Å². The van der Waals surface area contributed by atoms with Crippen molar-refractivity contribution in [3.05, 3.63) is 64.2 Å². The van der Waals surface area contributed by atoms with Gasteiger partial charge in [0.1, 0.15) is 4.90 Å². The molecule has 2 aromatic carbocycles. The first-order valence-corrected chi connectivity index (χ1v) is 10.5. The molecule has 0 unspecified atom stereocenters. The summed E-state index contributed by atoms with van der Waals surface area (Å²) in [7, 11) is -3.86. The minimum absolute atomic E-state index is 0.230. The maximum absolute atomic E-state index is 12.7. The Hall–Kier alpha value is -3.27. The first-order chi connectivity index (χ1) is 13.6. The monoisotopic (exact) mass is 420 g/mol. The van der Waals surface area contributed by atoms with Crippen LogP contribution in [0.3, 0.4) is 0 Å². The summed E-state index contributed by atoms with van der Waals surface area (Å²) in [6, 6.07) is 11.7. The van der Waals surface area contributed by atoms with Gasteiger partial charge in [-0.25, -0.2) is 13.2 Å². The summed E-state index contributed by atoms with van der Waals surface area (Å²) >= 11 is 0. The van der Waals surface area contributed by atoms with E-state index in [1.54, 1.807) is 37.3 Å². The molecule has 2 rings (SSSR count). The number of anilines is 1. The fraction of sp³-hybridized carbons (Fsp3) is 0.263. The van der Waals surface area contributed by atoms with Crippen LogP contribution in [0, 0.1) is 10.1 Å². The summed E-state index contributed by atoms with van der Waals surface area (Å²) < 4.78 is 28.5. The Morgan fingerprint density at radius 3 is 2.31 bits per heavy atom. The van der Waals surface area contributed by atoms with Crippen molar-refractivity contribution in [2.24, 2.45) is 0 Å². The molecule has 0 aliphatic carbocycles. The Kier molecular flexibility index (Phi) is 6.70. The number of hydrogen-bond acceptors (Lipinski definition) is 7. The van der Waals surface area contributed by atoms with E-state index in [0.29, 0.717) is 12.2 Å². The van der Waals surface area contributed by atoms with Gasteiger partial charge in [0.15, 0.2) is 15.9 Å². The molecule has 0 saturated carbocycles. The molecule has 0 bridgehead atoms. The van der Waals surface area contributed by atoms with Gasteiger partial charge in [0, 0.05) is 24.6 Å². The van der Waals surface area contributed by atoms with E-state index in [2.05, 4.69) is 0 Å². The van der Waals surface area contributed by atoms with Gasteiger partial charge in [-0.3, -0.25) is 14.9 Å². The Bertz CT molecular complexity index is 1040. The lowest BCUT2D eigenvalue weighted by Gasteiger charge is -2.24. The van der Waals surface area contributed by atoms with Gasteiger partial charge in [-0.05, 0) is 38.1 Å². The molecule has 0 spiro atoms. The molecule has 10 heteroatoms. The van der Waals surface area contributed by atoms with Crippen LogP contribution in [0.1, 0.15) is 24.2 Å². The predicted octanol–water partition coefficient (Wildman–Crippen LogP) is 2.60. The standard InChI is InChI=1S/C19H20N2O7S/c1-4-20(15-8-6-5-7-9-15)18(22)13(2)28-19(23)14-10-11-17(29(3,26)27)16(12-14)21(24)25/h5-13H,4H2,1-3H3/t13-/m1/s1. The van der Waals surface area contributed by atoms with Crippen molar-refractivity contribution in [1.82, 2.24) is 0 Å². The Balaban J connectivity index is 2.24. The quantitative estimate of drug-likeness (QED) is 0.383. The molecule has 0 fully saturated rings. The number of sulfone groups is 1. The first-order valence-electron chi connectivity index (χ1n) is 8.62. The van der Waals surface area contributed by atoms with E-state index < -0.39 is 43.3 Å². The number of para-hydroxylation sites is 1. The van der Waals surface area contributed by atoms with Crippen LogP contribution >= 0.6 is 0 Å². The van der Waals surface area contributed by atoms with Crippen LogP contribution in [0.25, 0.3) is 0 Å². The van der Waals surface area contributed by atoms with E-state index >= 15 is 0 Å². The summed E-state index contributed by atoms with van der Waals surface area (Å²) in [6.07, 6.45) is -0.326. The van der Waals surface area contributed by atoms with Gasteiger partial charge in [-0.15, -0.1) is 0 Å². The van der Waals surface area contributed by atoms with Gasteiger partial charge in [-0.2, -0.15) is 0 Å². The summed E-state index contributed by atoms with van der Waals surface area (Å²) in [5.74, 6) is -1.44. The molecule has 2 aromatic rings. The number of benzene rings is 2. The van der Waals surface area contributed by atoms with Gasteiger partial charge >= 0.3 is 5.97 Å². The number of nitrogens with zero attached hydrogens (tertiary/aromatic N) is 2. The number of nitro groups is 1. The van der Waals surface area contributed by atoms with Crippen molar-refractivity contribution in [3.8, 4) is 0 Å². The molecule has 0 radical (unpaired) electrons. The molecule has 9 nitrogen and oxygen atoms in total. The third kappa shape index (κ3) is 5.17. The van der Waals surface area contributed by atoms with E-state index in [1.807, 2.05) is 0 Å². The number of hydrogen-bond donors (Lipinski definition) is 0. The molecule has 154 valence electrons. The summed E-state index contributed by atoms with van der Waals surface area (Å²) in [6.45, 7) is 3.51. The molecule has 29 heavy (non-hydrogen) atoms. The molecule has 0 aliphatic heterocycles. The second-order valence-electron chi connectivity index (χ2n) is 6.18. The second kappa shape index (κ2) is 8.82. The highest BCUT2D eigenvalue weighted by Crippen LogP contribution is 2.25. The lowest BCUT2D eigenvalue weighted by molar-refractivity contribution is -0.387. The first kappa shape index (κ1) is 22.0. The minimum atomic E-state index is -3.86. The van der Waals surface area contributed by atoms with Gasteiger partial charge in [0.25, 0.3) is 11.6 Å². The number of amides is 1. The largest absolute Gasteiger partial charge is 0.449 e. The molecule has 0 heterocycles. The van der Waals surface area contributed by atoms with E-state index in [-0.39, 0.29) is 5.56 Å². The number of likely N-dealkylation sites (N-methyl/N-ethyl adjacent to an activating group) is 1. The number of carbonyl (C=O) groups excluding carboxylic acids is 2. The van der Waals surface area contributed by atoms with Gasteiger partial charge in [0.2, 0.25) is 0 Å². The number of ether oxygens (including phenoxy) is 1. The maximum atomic E-state index is 12.7. The molecule has 0 saturated heterocycles. The highest BCUT2D eigenvalue weighted by atomic mass is 32.2. The zero-order chi connectivity index (χ0) is 21.8. The van der Waals surface area contributed by atoms with Crippen molar-refractivity contribution in [1.29, 1.82) is 0 Å². The van der Waals surface area contributed by atoms with E-state index in [9.17, 15) is 28.1 Å². The predicted molar refractivity (Wildman–Crippen MR) is 106 cm³/mol. The van der Waals surface area contributed by atoms with Gasteiger partial charge < -0.3 is 9.64 Å². The van der Waals surface area contributed by atoms with Crippen LogP contribution in [0.5, 0.6) is 0 Å². The van der Waals surface area contributed by atoms with Crippen molar-refractivity contribution < 1.29 is 27.7 Å². The molecule has 0 aromatic heterocycles. The van der Waals surface area contributed by atoms with E-state index in [0.717, 1.165) is 24.5 Å². The lowest BCUT2D eigenvalue weighted by atomic mass is 10.2. The molecule has 1 amide bonds. The topological polar surface area (TPSA) is 124 Å².